The first kappa shape index (κ1) is 21.4. The van der Waals surface area contributed by atoms with Crippen molar-refractivity contribution in [1.29, 1.82) is 0 Å². The van der Waals surface area contributed by atoms with E-state index in [1.54, 1.807) is 13.8 Å². The molecule has 0 unspecified atom stereocenters. The van der Waals surface area contributed by atoms with E-state index in [9.17, 15) is 4.79 Å². The van der Waals surface area contributed by atoms with Gasteiger partial charge in [-0.15, -0.1) is 0 Å². The van der Waals surface area contributed by atoms with Crippen LogP contribution in [0.25, 0.3) is 0 Å². The minimum absolute atomic E-state index is 0.108. The summed E-state index contributed by atoms with van der Waals surface area (Å²) in [6.45, 7) is 10.4. The van der Waals surface area contributed by atoms with Crippen LogP contribution in [0, 0.1) is 0 Å². The Kier molecular flexibility index (Phi) is 5.49. The highest BCUT2D eigenvalue weighted by molar-refractivity contribution is 6.99. The Hall–Kier alpha value is -1.83. The molecule has 3 atom stereocenters. The Morgan fingerprint density at radius 3 is 1.93 bits per heavy atom. The van der Waals surface area contributed by atoms with E-state index in [1.807, 2.05) is 36.4 Å². The maximum absolute atomic E-state index is 12.9. The Morgan fingerprint density at radius 1 is 0.933 bits per heavy atom. The van der Waals surface area contributed by atoms with Crippen LogP contribution in [0.1, 0.15) is 34.6 Å². The molecule has 30 heavy (non-hydrogen) atoms. The lowest BCUT2D eigenvalue weighted by atomic mass is 10.2. The molecule has 0 amide bonds. The van der Waals surface area contributed by atoms with Gasteiger partial charge >= 0.3 is 0 Å². The van der Waals surface area contributed by atoms with Crippen molar-refractivity contribution in [2.45, 2.75) is 63.9 Å². The number of hydrogen-bond acceptors (Lipinski definition) is 5. The van der Waals surface area contributed by atoms with Gasteiger partial charge in [-0.05, 0) is 29.3 Å². The van der Waals surface area contributed by atoms with Crippen molar-refractivity contribution < 1.29 is 23.4 Å². The smallest absolute Gasteiger partial charge is 0.261 e. The van der Waals surface area contributed by atoms with E-state index < -0.39 is 32.6 Å². The van der Waals surface area contributed by atoms with Crippen LogP contribution in [-0.2, 0) is 23.4 Å². The molecular formula is C24H30O5Si. The number of ketones is 1. The van der Waals surface area contributed by atoms with Gasteiger partial charge in [0.1, 0.15) is 6.10 Å². The Bertz CT molecular complexity index is 851. The second kappa shape index (κ2) is 7.69. The summed E-state index contributed by atoms with van der Waals surface area (Å²) in [5.41, 5.74) is 0. The molecule has 2 aliphatic heterocycles. The number of ether oxygens (including phenoxy) is 3. The highest BCUT2D eigenvalue weighted by Crippen LogP contribution is 2.39. The summed E-state index contributed by atoms with van der Waals surface area (Å²) in [5, 5.41) is 2.17. The number of hydrogen-bond donors (Lipinski definition) is 0. The van der Waals surface area contributed by atoms with Crippen molar-refractivity contribution in [3.05, 3.63) is 60.7 Å². The summed E-state index contributed by atoms with van der Waals surface area (Å²) in [4.78, 5) is 12.9. The van der Waals surface area contributed by atoms with Gasteiger partial charge in [-0.1, -0.05) is 81.4 Å². The summed E-state index contributed by atoms with van der Waals surface area (Å²) in [6, 6.07) is 20.7. The summed E-state index contributed by atoms with van der Waals surface area (Å²) in [7, 11) is -2.72. The van der Waals surface area contributed by atoms with Crippen LogP contribution < -0.4 is 10.4 Å². The first-order valence-electron chi connectivity index (χ1n) is 10.4. The zero-order chi connectivity index (χ0) is 21.6. The molecule has 0 aliphatic carbocycles. The van der Waals surface area contributed by atoms with Crippen LogP contribution in [0.2, 0.25) is 5.04 Å². The lowest BCUT2D eigenvalue weighted by Crippen LogP contribution is -2.67. The lowest BCUT2D eigenvalue weighted by Gasteiger charge is -2.43. The van der Waals surface area contributed by atoms with E-state index in [-0.39, 0.29) is 17.4 Å². The molecule has 5 nitrogen and oxygen atoms in total. The molecule has 2 aromatic carbocycles. The maximum atomic E-state index is 12.9. The lowest BCUT2D eigenvalue weighted by molar-refractivity contribution is -0.206. The zero-order valence-electron chi connectivity index (χ0n) is 18.3. The van der Waals surface area contributed by atoms with E-state index in [2.05, 4.69) is 45.0 Å². The third-order valence-corrected chi connectivity index (χ3v) is 10.8. The zero-order valence-corrected chi connectivity index (χ0v) is 19.3. The Labute approximate surface area is 179 Å². The summed E-state index contributed by atoms with van der Waals surface area (Å²) in [5.74, 6) is -0.919. The van der Waals surface area contributed by atoms with Crippen molar-refractivity contribution in [2.24, 2.45) is 0 Å². The third kappa shape index (κ3) is 3.67. The van der Waals surface area contributed by atoms with Gasteiger partial charge in [0.05, 0.1) is 6.61 Å². The van der Waals surface area contributed by atoms with Crippen LogP contribution in [-0.4, -0.2) is 45.0 Å². The molecular weight excluding hydrogens is 396 g/mol. The molecule has 160 valence electrons. The first-order chi connectivity index (χ1) is 14.1. The molecule has 0 N–H and O–H groups in total. The predicted octanol–water partition coefficient (Wildman–Crippen LogP) is 3.01. The van der Waals surface area contributed by atoms with Gasteiger partial charge in [-0.3, -0.25) is 4.79 Å². The van der Waals surface area contributed by atoms with Crippen molar-refractivity contribution in [3.63, 3.8) is 0 Å². The normalized spacial score (nSPS) is 26.0. The SMILES string of the molecule is CC1(C)O[C@@H]2O[C@@H](CO[Si](c3ccccc3)(c3ccccc3)C(C)(C)C)C(=O)[C@@H]2O1. The van der Waals surface area contributed by atoms with E-state index >= 15 is 0 Å². The standard InChI is InChI=1S/C24H30O5Si/c1-23(2,3)30(17-12-8-6-9-13-17,18-14-10-7-11-15-18)26-16-19-20(25)21-22(27-19)29-24(4,5)28-21/h6-15,19,21-22H,16H2,1-5H3/t19-,21-,22-/m0/s1. The fourth-order valence-electron chi connectivity index (χ4n) is 4.52. The predicted molar refractivity (Wildman–Crippen MR) is 117 cm³/mol. The second-order valence-electron chi connectivity index (χ2n) is 9.43. The van der Waals surface area contributed by atoms with E-state index in [0.717, 1.165) is 0 Å². The number of Topliss-reactive ketones (excluding diaryl/α,β-unsaturated/α-hetero) is 1. The first-order valence-corrected chi connectivity index (χ1v) is 12.3. The summed E-state index contributed by atoms with van der Waals surface area (Å²) in [6.07, 6.45) is -2.05. The Morgan fingerprint density at radius 2 is 1.47 bits per heavy atom. The van der Waals surface area contributed by atoms with Gasteiger partial charge in [0.2, 0.25) is 0 Å². The van der Waals surface area contributed by atoms with Crippen LogP contribution in [0.15, 0.2) is 60.7 Å². The average Bonchev–Trinajstić information content (AvgIpc) is 3.15. The summed E-state index contributed by atoms with van der Waals surface area (Å²) >= 11 is 0. The van der Waals surface area contributed by atoms with Crippen LogP contribution in [0.5, 0.6) is 0 Å². The molecule has 6 heteroatoms. The molecule has 4 rings (SSSR count). The van der Waals surface area contributed by atoms with Crippen molar-refractivity contribution in [1.82, 2.24) is 0 Å². The van der Waals surface area contributed by atoms with Crippen LogP contribution in [0.3, 0.4) is 0 Å². The molecule has 2 aromatic rings. The molecule has 0 bridgehead atoms. The number of fused-ring (bicyclic) bond motifs is 1. The van der Waals surface area contributed by atoms with E-state index in [1.165, 1.54) is 10.4 Å². The average molecular weight is 427 g/mol. The number of rotatable bonds is 5. The maximum Gasteiger partial charge on any atom is 0.261 e. The van der Waals surface area contributed by atoms with E-state index in [4.69, 9.17) is 18.6 Å². The fourth-order valence-corrected chi connectivity index (χ4v) is 9.07. The molecule has 2 aliphatic rings. The minimum atomic E-state index is -2.72. The molecule has 2 heterocycles. The van der Waals surface area contributed by atoms with Crippen molar-refractivity contribution in [2.75, 3.05) is 6.61 Å². The van der Waals surface area contributed by atoms with Crippen molar-refractivity contribution >= 4 is 24.5 Å². The Balaban J connectivity index is 1.66. The second-order valence-corrected chi connectivity index (χ2v) is 13.7. The highest BCUT2D eigenvalue weighted by atomic mass is 28.4. The monoisotopic (exact) mass is 426 g/mol. The molecule has 0 saturated carbocycles. The molecule has 0 radical (unpaired) electrons. The molecule has 2 fully saturated rings. The summed E-state index contributed by atoms with van der Waals surface area (Å²) < 4.78 is 24.2. The largest absolute Gasteiger partial charge is 0.404 e. The number of benzene rings is 2. The quantitative estimate of drug-likeness (QED) is 0.688. The molecule has 0 aromatic heterocycles. The van der Waals surface area contributed by atoms with Gasteiger partial charge in [-0.2, -0.15) is 0 Å². The van der Waals surface area contributed by atoms with Gasteiger partial charge in [0, 0.05) is 0 Å². The van der Waals surface area contributed by atoms with Crippen LogP contribution >= 0.6 is 0 Å². The fraction of sp³-hybridized carbons (Fsp3) is 0.458. The number of carbonyl (C=O) groups excluding carboxylic acids is 1. The van der Waals surface area contributed by atoms with Gasteiger partial charge < -0.3 is 18.6 Å². The van der Waals surface area contributed by atoms with Gasteiger partial charge in [0.25, 0.3) is 8.32 Å². The van der Waals surface area contributed by atoms with Crippen molar-refractivity contribution in [3.8, 4) is 0 Å². The van der Waals surface area contributed by atoms with Crippen LogP contribution in [0.4, 0.5) is 0 Å². The minimum Gasteiger partial charge on any atom is -0.404 e. The molecule has 2 saturated heterocycles. The number of carbonyl (C=O) groups is 1. The third-order valence-electron chi connectivity index (χ3n) is 5.82. The topological polar surface area (TPSA) is 54.0 Å². The van der Waals surface area contributed by atoms with Gasteiger partial charge in [-0.25, -0.2) is 0 Å². The van der Waals surface area contributed by atoms with Gasteiger partial charge in [0.15, 0.2) is 24.0 Å². The highest BCUT2D eigenvalue weighted by Gasteiger charge is 2.56. The van der Waals surface area contributed by atoms with E-state index in [0.29, 0.717) is 0 Å². The molecule has 0 spiro atoms.